The molecule has 2 aromatic heterocycles. The van der Waals surface area contributed by atoms with Gasteiger partial charge in [0.1, 0.15) is 17.1 Å². The Kier molecular flexibility index (Phi) is 6.39. The highest BCUT2D eigenvalue weighted by molar-refractivity contribution is 5.86. The van der Waals surface area contributed by atoms with Gasteiger partial charge < -0.3 is 14.1 Å². The first kappa shape index (κ1) is 21.2. The number of methoxy groups -OCH3 is 1. The van der Waals surface area contributed by atoms with Crippen LogP contribution in [0, 0.1) is 0 Å². The van der Waals surface area contributed by atoms with Gasteiger partial charge in [-0.15, -0.1) is 12.4 Å². The maximum absolute atomic E-state index is 6.12. The van der Waals surface area contributed by atoms with Crippen LogP contribution in [0.1, 0.15) is 5.76 Å². The third kappa shape index (κ3) is 4.50. The molecule has 5 rings (SSSR count). The van der Waals surface area contributed by atoms with Crippen LogP contribution in [0.15, 0.2) is 71.4 Å². The molecule has 0 aliphatic carbocycles. The Balaban J connectivity index is 0.00000231. The predicted molar refractivity (Wildman–Crippen MR) is 125 cm³/mol. The van der Waals surface area contributed by atoms with Crippen LogP contribution in [0.5, 0.6) is 5.75 Å². The van der Waals surface area contributed by atoms with E-state index in [0.717, 1.165) is 72.3 Å². The molecule has 0 bridgehead atoms. The molecule has 0 amide bonds. The molecule has 0 spiro atoms. The molecule has 1 fully saturated rings. The second-order valence-corrected chi connectivity index (χ2v) is 7.48. The third-order valence-corrected chi connectivity index (χ3v) is 5.57. The van der Waals surface area contributed by atoms with Crippen molar-refractivity contribution in [3.05, 3.63) is 72.8 Å². The standard InChI is InChI=1S/C24H24N4O2.ClH/c1-29-23-6-3-2-5-21(23)18-7-8-22-19(15-18)16-20(30-22)17-27-11-13-28(14-12-27)24-25-9-4-10-26-24;/h2-10,15-16H,11-14,17H2,1H3;1H. The number of ether oxygens (including phenoxy) is 1. The summed E-state index contributed by atoms with van der Waals surface area (Å²) in [5.41, 5.74) is 3.13. The van der Waals surface area contributed by atoms with Crippen molar-refractivity contribution in [1.82, 2.24) is 14.9 Å². The first-order chi connectivity index (χ1) is 14.8. The number of fused-ring (bicyclic) bond motifs is 1. The molecular formula is C24H25ClN4O2. The monoisotopic (exact) mass is 436 g/mol. The Morgan fingerprint density at radius 2 is 1.71 bits per heavy atom. The maximum Gasteiger partial charge on any atom is 0.225 e. The molecule has 2 aromatic carbocycles. The van der Waals surface area contributed by atoms with Gasteiger partial charge in [-0.1, -0.05) is 24.3 Å². The fourth-order valence-electron chi connectivity index (χ4n) is 4.01. The second kappa shape index (κ2) is 9.37. The van der Waals surface area contributed by atoms with Crippen LogP contribution in [0.4, 0.5) is 5.95 Å². The van der Waals surface area contributed by atoms with E-state index in [-0.39, 0.29) is 12.4 Å². The number of hydrogen-bond donors (Lipinski definition) is 0. The van der Waals surface area contributed by atoms with Crippen molar-refractivity contribution in [3.8, 4) is 16.9 Å². The summed E-state index contributed by atoms with van der Waals surface area (Å²) in [7, 11) is 1.71. The molecule has 3 heterocycles. The lowest BCUT2D eigenvalue weighted by Gasteiger charge is -2.34. The molecule has 6 nitrogen and oxygen atoms in total. The van der Waals surface area contributed by atoms with Crippen LogP contribution in [0.2, 0.25) is 0 Å². The highest BCUT2D eigenvalue weighted by atomic mass is 35.5. The fraction of sp³-hybridized carbons (Fsp3) is 0.250. The van der Waals surface area contributed by atoms with Crippen molar-refractivity contribution in [2.24, 2.45) is 0 Å². The Labute approximate surface area is 187 Å². The summed E-state index contributed by atoms with van der Waals surface area (Å²) in [6.45, 7) is 4.57. The van der Waals surface area contributed by atoms with Crippen LogP contribution < -0.4 is 9.64 Å². The van der Waals surface area contributed by atoms with Crippen LogP contribution >= 0.6 is 12.4 Å². The van der Waals surface area contributed by atoms with Crippen molar-refractivity contribution < 1.29 is 9.15 Å². The van der Waals surface area contributed by atoms with Crippen molar-refractivity contribution in [3.63, 3.8) is 0 Å². The summed E-state index contributed by atoms with van der Waals surface area (Å²) < 4.78 is 11.6. The van der Waals surface area contributed by atoms with E-state index < -0.39 is 0 Å². The van der Waals surface area contributed by atoms with Gasteiger partial charge in [0, 0.05) is 49.5 Å². The molecular weight excluding hydrogens is 412 g/mol. The van der Waals surface area contributed by atoms with Crippen molar-refractivity contribution in [2.45, 2.75) is 6.54 Å². The van der Waals surface area contributed by atoms with Gasteiger partial charge in [0.15, 0.2) is 0 Å². The molecule has 1 aliphatic rings. The Morgan fingerprint density at radius 1 is 0.935 bits per heavy atom. The topological polar surface area (TPSA) is 54.6 Å². The minimum Gasteiger partial charge on any atom is -0.496 e. The number of rotatable bonds is 5. The normalized spacial score (nSPS) is 14.4. The quantitative estimate of drug-likeness (QED) is 0.454. The molecule has 160 valence electrons. The van der Waals surface area contributed by atoms with Crippen molar-refractivity contribution >= 4 is 29.3 Å². The maximum atomic E-state index is 6.12. The number of anilines is 1. The third-order valence-electron chi connectivity index (χ3n) is 5.57. The van der Waals surface area contributed by atoms with E-state index in [0.29, 0.717) is 0 Å². The van der Waals surface area contributed by atoms with Crippen LogP contribution in [0.3, 0.4) is 0 Å². The molecule has 0 atom stereocenters. The van der Waals surface area contributed by atoms with Gasteiger partial charge in [-0.2, -0.15) is 0 Å². The lowest BCUT2D eigenvalue weighted by Crippen LogP contribution is -2.46. The lowest BCUT2D eigenvalue weighted by atomic mass is 10.0. The fourth-order valence-corrected chi connectivity index (χ4v) is 4.01. The zero-order valence-electron chi connectivity index (χ0n) is 17.4. The minimum atomic E-state index is 0. The van der Waals surface area contributed by atoms with Gasteiger partial charge in [-0.3, -0.25) is 4.90 Å². The van der Waals surface area contributed by atoms with Crippen molar-refractivity contribution in [1.29, 1.82) is 0 Å². The van der Waals surface area contributed by atoms with E-state index in [2.05, 4.69) is 44.0 Å². The van der Waals surface area contributed by atoms with E-state index in [1.807, 2.05) is 30.3 Å². The summed E-state index contributed by atoms with van der Waals surface area (Å²) in [5, 5.41) is 1.12. The average Bonchev–Trinajstić information content (AvgIpc) is 3.21. The SMILES string of the molecule is COc1ccccc1-c1ccc2oc(CN3CCN(c4ncccn4)CC3)cc2c1.Cl. The number of aromatic nitrogens is 2. The highest BCUT2D eigenvalue weighted by Crippen LogP contribution is 2.32. The minimum absolute atomic E-state index is 0. The number of halogens is 1. The largest absolute Gasteiger partial charge is 0.496 e. The summed E-state index contributed by atoms with van der Waals surface area (Å²) in [5.74, 6) is 2.68. The van der Waals surface area contributed by atoms with Gasteiger partial charge in [0.25, 0.3) is 0 Å². The summed E-state index contributed by atoms with van der Waals surface area (Å²) >= 11 is 0. The predicted octanol–water partition coefficient (Wildman–Crippen LogP) is 4.64. The molecule has 1 saturated heterocycles. The number of para-hydroxylation sites is 1. The van der Waals surface area contributed by atoms with E-state index in [9.17, 15) is 0 Å². The molecule has 0 unspecified atom stereocenters. The van der Waals surface area contributed by atoms with Gasteiger partial charge in [-0.05, 0) is 35.9 Å². The zero-order chi connectivity index (χ0) is 20.3. The average molecular weight is 437 g/mol. The molecule has 0 saturated carbocycles. The van der Waals surface area contributed by atoms with Crippen LogP contribution in [-0.2, 0) is 6.54 Å². The molecule has 31 heavy (non-hydrogen) atoms. The van der Waals surface area contributed by atoms with Gasteiger partial charge >= 0.3 is 0 Å². The molecule has 7 heteroatoms. The highest BCUT2D eigenvalue weighted by Gasteiger charge is 2.20. The van der Waals surface area contributed by atoms with E-state index in [1.165, 1.54) is 0 Å². The van der Waals surface area contributed by atoms with Gasteiger partial charge in [-0.25, -0.2) is 9.97 Å². The lowest BCUT2D eigenvalue weighted by molar-refractivity contribution is 0.232. The Hall–Kier alpha value is -3.09. The number of nitrogens with zero attached hydrogens (tertiary/aromatic N) is 4. The molecule has 0 radical (unpaired) electrons. The van der Waals surface area contributed by atoms with Crippen LogP contribution in [0.25, 0.3) is 22.1 Å². The molecule has 1 aliphatic heterocycles. The number of furan rings is 1. The van der Waals surface area contributed by atoms with E-state index >= 15 is 0 Å². The Morgan fingerprint density at radius 3 is 2.48 bits per heavy atom. The van der Waals surface area contributed by atoms with Crippen LogP contribution in [-0.4, -0.2) is 48.2 Å². The van der Waals surface area contributed by atoms with Gasteiger partial charge in [0.2, 0.25) is 5.95 Å². The van der Waals surface area contributed by atoms with Gasteiger partial charge in [0.05, 0.1) is 13.7 Å². The summed E-state index contributed by atoms with van der Waals surface area (Å²) in [6, 6.07) is 18.4. The zero-order valence-corrected chi connectivity index (χ0v) is 18.2. The number of piperazine rings is 1. The molecule has 0 N–H and O–H groups in total. The first-order valence-electron chi connectivity index (χ1n) is 10.2. The summed E-state index contributed by atoms with van der Waals surface area (Å²) in [4.78, 5) is 13.4. The summed E-state index contributed by atoms with van der Waals surface area (Å²) in [6.07, 6.45) is 3.59. The number of benzene rings is 2. The molecule has 4 aromatic rings. The van der Waals surface area contributed by atoms with E-state index in [4.69, 9.17) is 9.15 Å². The first-order valence-corrected chi connectivity index (χ1v) is 10.2. The number of hydrogen-bond acceptors (Lipinski definition) is 6. The Bertz CT molecular complexity index is 1140. The van der Waals surface area contributed by atoms with Crippen molar-refractivity contribution in [2.75, 3.05) is 38.2 Å². The second-order valence-electron chi connectivity index (χ2n) is 7.48. The smallest absolute Gasteiger partial charge is 0.225 e. The van der Waals surface area contributed by atoms with E-state index in [1.54, 1.807) is 19.5 Å².